The Labute approximate surface area is 311 Å². The average molecular weight is 743 g/mol. The number of aromatic nitrogens is 3. The fourth-order valence-corrected chi connectivity index (χ4v) is 7.77. The van der Waals surface area contributed by atoms with E-state index in [0.717, 1.165) is 45.8 Å². The maximum Gasteiger partial charge on any atom is 0.336 e. The molecule has 13 heteroatoms. The third kappa shape index (κ3) is 7.88. The highest BCUT2D eigenvalue weighted by molar-refractivity contribution is 6.08. The van der Waals surface area contributed by atoms with E-state index in [1.54, 1.807) is 11.8 Å². The Balaban J connectivity index is 0.812. The molecule has 3 aromatic heterocycles. The molecular weight excluding hydrogens is 698 g/mol. The summed E-state index contributed by atoms with van der Waals surface area (Å²) >= 11 is 0. The summed E-state index contributed by atoms with van der Waals surface area (Å²) in [6, 6.07) is 13.6. The number of rotatable bonds is 14. The van der Waals surface area contributed by atoms with Gasteiger partial charge in [-0.2, -0.15) is 0 Å². The highest BCUT2D eigenvalue weighted by Gasteiger charge is 2.37. The van der Waals surface area contributed by atoms with Gasteiger partial charge in [-0.15, -0.1) is 0 Å². The van der Waals surface area contributed by atoms with Crippen molar-refractivity contribution in [1.82, 2.24) is 19.4 Å². The maximum atomic E-state index is 14.9. The molecule has 5 aromatic rings. The smallest absolute Gasteiger partial charge is 0.336 e. The molecule has 1 saturated heterocycles. The van der Waals surface area contributed by atoms with Crippen molar-refractivity contribution in [2.45, 2.75) is 76.6 Å². The van der Waals surface area contributed by atoms with Gasteiger partial charge >= 0.3 is 11.9 Å². The fourth-order valence-electron chi connectivity index (χ4n) is 7.77. The predicted octanol–water partition coefficient (Wildman–Crippen LogP) is 7.69. The van der Waals surface area contributed by atoms with Crippen molar-refractivity contribution in [2.75, 3.05) is 26.2 Å². The molecule has 0 spiro atoms. The lowest BCUT2D eigenvalue weighted by Gasteiger charge is -2.40. The lowest BCUT2D eigenvalue weighted by Crippen LogP contribution is -2.46. The SMILES string of the molecule is Cc1cc(C(=O)O)c(C(=O)O)c(C)c1OCCCC(F)(F)CN1CCC(OC2CC(Oc3ccc(-c4ccc5c6cnccc6n(C)c5c4)cn3)C2)CC1. The van der Waals surface area contributed by atoms with Gasteiger partial charge in [0.25, 0.3) is 5.92 Å². The Morgan fingerprint density at radius 3 is 2.37 bits per heavy atom. The lowest BCUT2D eigenvalue weighted by molar-refractivity contribution is -0.117. The Morgan fingerprint density at radius 2 is 1.67 bits per heavy atom. The number of nitrogens with zero attached hydrogens (tertiary/aromatic N) is 4. The molecule has 0 atom stereocenters. The number of ether oxygens (including phenoxy) is 3. The topological polar surface area (TPSA) is 136 Å². The first-order valence-electron chi connectivity index (χ1n) is 18.3. The average Bonchev–Trinajstić information content (AvgIpc) is 3.41. The summed E-state index contributed by atoms with van der Waals surface area (Å²) < 4.78 is 50.1. The van der Waals surface area contributed by atoms with Crippen molar-refractivity contribution in [1.29, 1.82) is 0 Å². The third-order valence-corrected chi connectivity index (χ3v) is 10.7. The number of halogens is 2. The van der Waals surface area contributed by atoms with Gasteiger partial charge < -0.3 is 29.0 Å². The minimum Gasteiger partial charge on any atom is -0.493 e. The van der Waals surface area contributed by atoms with Crippen molar-refractivity contribution < 1.29 is 42.8 Å². The molecule has 1 saturated carbocycles. The number of benzene rings is 2. The van der Waals surface area contributed by atoms with Gasteiger partial charge in [0, 0.05) is 91.5 Å². The number of fused-ring (bicyclic) bond motifs is 3. The van der Waals surface area contributed by atoms with Crippen molar-refractivity contribution in [2.24, 2.45) is 7.05 Å². The molecule has 0 unspecified atom stereocenters. The van der Waals surface area contributed by atoms with Gasteiger partial charge in [0.05, 0.1) is 42.0 Å². The van der Waals surface area contributed by atoms with Gasteiger partial charge in [0.2, 0.25) is 5.88 Å². The number of pyridine rings is 2. The van der Waals surface area contributed by atoms with Gasteiger partial charge in [-0.3, -0.25) is 9.88 Å². The molecule has 0 radical (unpaired) electrons. The van der Waals surface area contributed by atoms with Crippen LogP contribution in [0.2, 0.25) is 0 Å². The predicted molar refractivity (Wildman–Crippen MR) is 199 cm³/mol. The van der Waals surface area contributed by atoms with E-state index in [1.807, 2.05) is 36.8 Å². The Morgan fingerprint density at radius 1 is 0.907 bits per heavy atom. The number of alkyl halides is 2. The highest BCUT2D eigenvalue weighted by Crippen LogP contribution is 2.35. The summed E-state index contributed by atoms with van der Waals surface area (Å²) in [6.45, 7) is 3.71. The minimum absolute atomic E-state index is 0.0213. The van der Waals surface area contributed by atoms with Crippen LogP contribution in [0.3, 0.4) is 0 Å². The van der Waals surface area contributed by atoms with Crippen LogP contribution in [-0.2, 0) is 11.8 Å². The Kier molecular flexibility index (Phi) is 10.5. The quantitative estimate of drug-likeness (QED) is 0.109. The van der Waals surface area contributed by atoms with E-state index in [4.69, 9.17) is 14.2 Å². The molecule has 1 aliphatic heterocycles. The second-order valence-electron chi connectivity index (χ2n) is 14.5. The van der Waals surface area contributed by atoms with Crippen LogP contribution < -0.4 is 9.47 Å². The summed E-state index contributed by atoms with van der Waals surface area (Å²) in [7, 11) is 2.06. The molecule has 2 aliphatic rings. The summed E-state index contributed by atoms with van der Waals surface area (Å²) in [4.78, 5) is 33.8. The van der Waals surface area contributed by atoms with Crippen molar-refractivity contribution in [3.63, 3.8) is 0 Å². The van der Waals surface area contributed by atoms with Crippen LogP contribution in [0.4, 0.5) is 8.78 Å². The van der Waals surface area contributed by atoms with Crippen LogP contribution in [-0.4, -0.2) is 92.1 Å². The van der Waals surface area contributed by atoms with Gasteiger partial charge in [-0.1, -0.05) is 12.1 Å². The molecule has 1 aliphatic carbocycles. The molecule has 0 bridgehead atoms. The summed E-state index contributed by atoms with van der Waals surface area (Å²) in [5, 5.41) is 21.2. The van der Waals surface area contributed by atoms with E-state index in [0.29, 0.717) is 37.4 Å². The molecule has 7 rings (SSSR count). The number of carbonyl (C=O) groups is 2. The van der Waals surface area contributed by atoms with E-state index in [2.05, 4.69) is 39.8 Å². The number of carboxylic acids is 2. The molecule has 2 aromatic carbocycles. The molecular formula is C41H44F2N4O7. The van der Waals surface area contributed by atoms with E-state index in [1.165, 1.54) is 13.0 Å². The number of likely N-dealkylation sites (tertiary alicyclic amines) is 1. The monoisotopic (exact) mass is 742 g/mol. The molecule has 2 N–H and O–H groups in total. The Bertz CT molecular complexity index is 2170. The van der Waals surface area contributed by atoms with E-state index >= 15 is 0 Å². The van der Waals surface area contributed by atoms with Gasteiger partial charge in [0.1, 0.15) is 11.9 Å². The summed E-state index contributed by atoms with van der Waals surface area (Å²) in [5.41, 5.74) is 4.25. The molecule has 4 heterocycles. The number of hydrogen-bond donors (Lipinski definition) is 2. The number of piperidine rings is 1. The van der Waals surface area contributed by atoms with Crippen LogP contribution in [0.5, 0.6) is 11.6 Å². The van der Waals surface area contributed by atoms with Crippen molar-refractivity contribution >= 4 is 33.7 Å². The standard InChI is InChI=1S/C41H44F2N4O7/c1-24-17-32(39(48)49)37(40(50)51)25(2)38(24)52-16-4-12-41(42,43)23-47-14-10-28(11-15-47)53-29-19-30(20-29)54-36-8-6-27(21-45-36)26-5-7-31-33-22-44-13-9-34(33)46(3)35(31)18-26/h5-9,13,17-18,21-22,28-30H,4,10-12,14-16,19-20,23H2,1-3H3,(H,48,49)(H,50,51). The maximum absolute atomic E-state index is 14.9. The largest absolute Gasteiger partial charge is 0.493 e. The van der Waals surface area contributed by atoms with Crippen LogP contribution in [0.15, 0.2) is 61.1 Å². The van der Waals surface area contributed by atoms with Gasteiger partial charge in [0.15, 0.2) is 0 Å². The van der Waals surface area contributed by atoms with Crippen LogP contribution in [0.1, 0.15) is 70.4 Å². The highest BCUT2D eigenvalue weighted by atomic mass is 19.3. The first kappa shape index (κ1) is 37.2. The molecule has 2 fully saturated rings. The molecule has 0 amide bonds. The number of hydrogen-bond acceptors (Lipinski definition) is 8. The van der Waals surface area contributed by atoms with E-state index in [-0.39, 0.29) is 66.7 Å². The second kappa shape index (κ2) is 15.3. The van der Waals surface area contributed by atoms with Gasteiger partial charge in [-0.25, -0.2) is 23.4 Å². The molecule has 11 nitrogen and oxygen atoms in total. The summed E-state index contributed by atoms with van der Waals surface area (Å²) in [5.74, 6) is -4.88. The van der Waals surface area contributed by atoms with Crippen LogP contribution in [0.25, 0.3) is 32.9 Å². The zero-order chi connectivity index (χ0) is 38.1. The van der Waals surface area contributed by atoms with E-state index in [9.17, 15) is 28.6 Å². The molecule has 54 heavy (non-hydrogen) atoms. The van der Waals surface area contributed by atoms with Crippen LogP contribution in [0, 0.1) is 13.8 Å². The summed E-state index contributed by atoms with van der Waals surface area (Å²) in [6.07, 6.45) is 8.22. The zero-order valence-corrected chi connectivity index (χ0v) is 30.6. The first-order valence-corrected chi connectivity index (χ1v) is 18.3. The first-order chi connectivity index (χ1) is 25.9. The number of aryl methyl sites for hydroxylation is 2. The second-order valence-corrected chi connectivity index (χ2v) is 14.5. The van der Waals surface area contributed by atoms with E-state index < -0.39 is 17.9 Å². The van der Waals surface area contributed by atoms with Crippen molar-refractivity contribution in [3.05, 3.63) is 83.3 Å². The lowest BCUT2D eigenvalue weighted by atomic mass is 9.91. The Hall–Kier alpha value is -5.14. The number of aromatic carboxylic acids is 2. The zero-order valence-electron chi connectivity index (χ0n) is 30.6. The minimum atomic E-state index is -2.92. The van der Waals surface area contributed by atoms with Crippen molar-refractivity contribution in [3.8, 4) is 22.8 Å². The third-order valence-electron chi connectivity index (χ3n) is 10.7. The normalized spacial score (nSPS) is 18.2. The number of carboxylic acid groups (broad SMARTS) is 2. The van der Waals surface area contributed by atoms with Crippen LogP contribution >= 0.6 is 0 Å². The van der Waals surface area contributed by atoms with Gasteiger partial charge in [-0.05, 0) is 68.5 Å². The molecule has 284 valence electrons. The fraction of sp³-hybridized carbons (Fsp3) is 0.415.